The lowest BCUT2D eigenvalue weighted by atomic mass is 10.3. The number of esters is 1. The summed E-state index contributed by atoms with van der Waals surface area (Å²) in [6.45, 7) is 6.47. The van der Waals surface area contributed by atoms with Gasteiger partial charge in [0.15, 0.2) is 0 Å². The van der Waals surface area contributed by atoms with Gasteiger partial charge in [0.05, 0.1) is 6.61 Å². The van der Waals surface area contributed by atoms with Crippen molar-refractivity contribution in [3.8, 4) is 0 Å². The Labute approximate surface area is 85.2 Å². The normalized spacial score (nSPS) is 19.8. The third-order valence-electron chi connectivity index (χ3n) is 2.28. The second-order valence-corrected chi connectivity index (χ2v) is 3.50. The van der Waals surface area contributed by atoms with E-state index in [1.54, 1.807) is 0 Å². The van der Waals surface area contributed by atoms with Gasteiger partial charge in [0.25, 0.3) is 0 Å². The summed E-state index contributed by atoms with van der Waals surface area (Å²) in [6.07, 6.45) is 2.30. The highest BCUT2D eigenvalue weighted by atomic mass is 16.5. The maximum Gasteiger partial charge on any atom is 0.302 e. The van der Waals surface area contributed by atoms with Gasteiger partial charge >= 0.3 is 5.97 Å². The van der Waals surface area contributed by atoms with Crippen molar-refractivity contribution in [2.24, 2.45) is 0 Å². The Morgan fingerprint density at radius 2 is 2.21 bits per heavy atom. The Morgan fingerprint density at radius 3 is 3.00 bits per heavy atom. The van der Waals surface area contributed by atoms with Gasteiger partial charge < -0.3 is 9.47 Å². The minimum Gasteiger partial charge on any atom is -0.465 e. The molecule has 1 saturated heterocycles. The molecule has 0 aromatic carbocycles. The van der Waals surface area contributed by atoms with Crippen molar-refractivity contribution in [3.63, 3.8) is 0 Å². The average molecular weight is 201 g/mol. The van der Waals surface area contributed by atoms with Gasteiger partial charge in [0.2, 0.25) is 0 Å². The number of carbonyl (C=O) groups excluding carboxylic acids is 1. The lowest BCUT2D eigenvalue weighted by Gasteiger charge is -2.24. The van der Waals surface area contributed by atoms with Crippen molar-refractivity contribution >= 4 is 5.97 Å². The third kappa shape index (κ3) is 5.19. The predicted molar refractivity (Wildman–Crippen MR) is 53.1 cm³/mol. The zero-order valence-electron chi connectivity index (χ0n) is 8.83. The SMILES string of the molecule is CC(=O)OCCN1CCCCOCC1. The van der Waals surface area contributed by atoms with Gasteiger partial charge in [-0.1, -0.05) is 0 Å². The summed E-state index contributed by atoms with van der Waals surface area (Å²) in [4.78, 5) is 12.8. The first-order valence-electron chi connectivity index (χ1n) is 5.22. The minimum absolute atomic E-state index is 0.201. The van der Waals surface area contributed by atoms with E-state index in [2.05, 4.69) is 4.90 Å². The van der Waals surface area contributed by atoms with Crippen LogP contribution in [0, 0.1) is 0 Å². The fourth-order valence-electron chi connectivity index (χ4n) is 1.49. The Bertz CT molecular complexity index is 165. The van der Waals surface area contributed by atoms with E-state index >= 15 is 0 Å². The number of ether oxygens (including phenoxy) is 2. The van der Waals surface area contributed by atoms with Crippen molar-refractivity contribution in [1.29, 1.82) is 0 Å². The van der Waals surface area contributed by atoms with Crippen LogP contribution in [0.2, 0.25) is 0 Å². The molecule has 1 heterocycles. The van der Waals surface area contributed by atoms with Gasteiger partial charge in [-0.15, -0.1) is 0 Å². The minimum atomic E-state index is -0.201. The maximum atomic E-state index is 10.5. The molecular weight excluding hydrogens is 182 g/mol. The van der Waals surface area contributed by atoms with Crippen LogP contribution in [-0.4, -0.2) is 50.3 Å². The number of rotatable bonds is 3. The van der Waals surface area contributed by atoms with E-state index in [4.69, 9.17) is 9.47 Å². The summed E-state index contributed by atoms with van der Waals surface area (Å²) in [5.41, 5.74) is 0. The standard InChI is InChI=1S/C10H19NO3/c1-10(12)14-9-6-11-4-2-3-7-13-8-5-11/h2-9H2,1H3. The van der Waals surface area contributed by atoms with E-state index in [1.165, 1.54) is 13.3 Å². The molecule has 0 unspecified atom stereocenters. The zero-order chi connectivity index (χ0) is 10.2. The molecule has 0 bridgehead atoms. The van der Waals surface area contributed by atoms with E-state index < -0.39 is 0 Å². The Kier molecular flexibility index (Phi) is 5.56. The molecule has 4 nitrogen and oxygen atoms in total. The fourth-order valence-corrected chi connectivity index (χ4v) is 1.49. The van der Waals surface area contributed by atoms with Crippen molar-refractivity contribution < 1.29 is 14.3 Å². The Balaban J connectivity index is 2.10. The van der Waals surface area contributed by atoms with Gasteiger partial charge in [0.1, 0.15) is 6.61 Å². The molecule has 14 heavy (non-hydrogen) atoms. The molecule has 1 rings (SSSR count). The molecule has 0 N–H and O–H groups in total. The molecule has 4 heteroatoms. The smallest absolute Gasteiger partial charge is 0.302 e. The molecule has 1 fully saturated rings. The van der Waals surface area contributed by atoms with Crippen LogP contribution >= 0.6 is 0 Å². The molecule has 0 aliphatic carbocycles. The zero-order valence-corrected chi connectivity index (χ0v) is 8.83. The fraction of sp³-hybridized carbons (Fsp3) is 0.900. The molecule has 1 aliphatic heterocycles. The molecule has 1 aliphatic rings. The van der Waals surface area contributed by atoms with Gasteiger partial charge in [0, 0.05) is 26.6 Å². The number of nitrogens with zero attached hydrogens (tertiary/aromatic N) is 1. The molecule has 0 aromatic rings. The first kappa shape index (κ1) is 11.5. The molecule has 0 radical (unpaired) electrons. The average Bonchev–Trinajstić information content (AvgIpc) is 2.07. The molecule has 0 spiro atoms. The topological polar surface area (TPSA) is 38.8 Å². The quantitative estimate of drug-likeness (QED) is 0.629. The van der Waals surface area contributed by atoms with E-state index in [1.807, 2.05) is 0 Å². The molecule has 0 aromatic heterocycles. The van der Waals surface area contributed by atoms with Crippen LogP contribution in [0.5, 0.6) is 0 Å². The van der Waals surface area contributed by atoms with Crippen LogP contribution in [0.25, 0.3) is 0 Å². The highest BCUT2D eigenvalue weighted by Gasteiger charge is 2.07. The molecule has 0 saturated carbocycles. The van der Waals surface area contributed by atoms with E-state index in [0.29, 0.717) is 6.61 Å². The summed E-state index contributed by atoms with van der Waals surface area (Å²) in [7, 11) is 0. The number of hydrogen-bond donors (Lipinski definition) is 0. The number of hydrogen-bond acceptors (Lipinski definition) is 4. The molecule has 0 amide bonds. The van der Waals surface area contributed by atoms with Crippen LogP contribution in [0.1, 0.15) is 19.8 Å². The lowest BCUT2D eigenvalue weighted by Crippen LogP contribution is -2.34. The summed E-state index contributed by atoms with van der Waals surface area (Å²) < 4.78 is 10.3. The van der Waals surface area contributed by atoms with Crippen molar-refractivity contribution in [2.75, 3.05) is 39.5 Å². The van der Waals surface area contributed by atoms with Crippen molar-refractivity contribution in [1.82, 2.24) is 4.90 Å². The highest BCUT2D eigenvalue weighted by Crippen LogP contribution is 2.00. The van der Waals surface area contributed by atoms with Crippen LogP contribution in [-0.2, 0) is 14.3 Å². The van der Waals surface area contributed by atoms with Gasteiger partial charge in [-0.05, 0) is 19.4 Å². The van der Waals surface area contributed by atoms with Crippen LogP contribution in [0.3, 0.4) is 0 Å². The van der Waals surface area contributed by atoms with Crippen molar-refractivity contribution in [2.45, 2.75) is 19.8 Å². The monoisotopic (exact) mass is 201 g/mol. The summed E-state index contributed by atoms with van der Waals surface area (Å²) >= 11 is 0. The largest absolute Gasteiger partial charge is 0.465 e. The first-order valence-corrected chi connectivity index (χ1v) is 5.22. The third-order valence-corrected chi connectivity index (χ3v) is 2.28. The van der Waals surface area contributed by atoms with Gasteiger partial charge in [-0.2, -0.15) is 0 Å². The maximum absolute atomic E-state index is 10.5. The molecular formula is C10H19NO3. The van der Waals surface area contributed by atoms with E-state index in [9.17, 15) is 4.79 Å². The van der Waals surface area contributed by atoms with Crippen molar-refractivity contribution in [3.05, 3.63) is 0 Å². The van der Waals surface area contributed by atoms with E-state index in [0.717, 1.165) is 39.3 Å². The first-order chi connectivity index (χ1) is 6.79. The highest BCUT2D eigenvalue weighted by molar-refractivity contribution is 5.65. The molecule has 82 valence electrons. The summed E-state index contributed by atoms with van der Waals surface area (Å²) in [5, 5.41) is 0. The van der Waals surface area contributed by atoms with Gasteiger partial charge in [-0.3, -0.25) is 9.69 Å². The second kappa shape index (κ2) is 6.79. The van der Waals surface area contributed by atoms with Crippen LogP contribution in [0.15, 0.2) is 0 Å². The predicted octanol–water partition coefficient (Wildman–Crippen LogP) is 0.662. The summed E-state index contributed by atoms with van der Waals surface area (Å²) in [6, 6.07) is 0. The summed E-state index contributed by atoms with van der Waals surface area (Å²) in [5.74, 6) is -0.201. The van der Waals surface area contributed by atoms with Crippen LogP contribution in [0.4, 0.5) is 0 Å². The van der Waals surface area contributed by atoms with Crippen LogP contribution < -0.4 is 0 Å². The number of carbonyl (C=O) groups is 1. The Hall–Kier alpha value is -0.610. The van der Waals surface area contributed by atoms with E-state index in [-0.39, 0.29) is 5.97 Å². The van der Waals surface area contributed by atoms with Gasteiger partial charge in [-0.25, -0.2) is 0 Å². The Morgan fingerprint density at radius 1 is 1.36 bits per heavy atom. The lowest BCUT2D eigenvalue weighted by molar-refractivity contribution is -0.141. The second-order valence-electron chi connectivity index (χ2n) is 3.50. The molecule has 0 atom stereocenters.